The summed E-state index contributed by atoms with van der Waals surface area (Å²) in [6.45, 7) is 1.94. The van der Waals surface area contributed by atoms with Crippen molar-refractivity contribution >= 4 is 40.5 Å². The van der Waals surface area contributed by atoms with Gasteiger partial charge in [0.05, 0.1) is 6.42 Å². The van der Waals surface area contributed by atoms with Crippen molar-refractivity contribution in [2.75, 3.05) is 10.6 Å². The Kier molecular flexibility index (Phi) is 5.77. The Balaban J connectivity index is 1.29. The zero-order valence-corrected chi connectivity index (χ0v) is 18.6. The Labute approximate surface area is 194 Å². The quantitative estimate of drug-likeness (QED) is 0.325. The molecule has 8 nitrogen and oxygen atoms in total. The lowest BCUT2D eigenvalue weighted by Gasteiger charge is -2.09. The van der Waals surface area contributed by atoms with Gasteiger partial charge in [0.2, 0.25) is 11.1 Å². The molecule has 0 atom stereocenters. The van der Waals surface area contributed by atoms with Gasteiger partial charge in [-0.15, -0.1) is 5.10 Å². The molecule has 1 amide bonds. The van der Waals surface area contributed by atoms with Crippen molar-refractivity contribution in [2.45, 2.75) is 23.4 Å². The number of rotatable bonds is 7. The Hall–Kier alpha value is -4.11. The number of aromatic nitrogens is 5. The van der Waals surface area contributed by atoms with Crippen LogP contribution in [0.2, 0.25) is 0 Å². The number of carbonyl (C=O) groups is 1. The molecule has 164 valence electrons. The van der Waals surface area contributed by atoms with Crippen molar-refractivity contribution < 1.29 is 4.79 Å². The molecule has 5 aromatic rings. The van der Waals surface area contributed by atoms with E-state index in [9.17, 15) is 4.79 Å². The molecule has 0 aliphatic carbocycles. The van der Waals surface area contributed by atoms with Crippen LogP contribution in [0.15, 0.2) is 89.0 Å². The van der Waals surface area contributed by atoms with Crippen LogP contribution in [0.5, 0.6) is 0 Å². The molecule has 0 saturated heterocycles. The standard InChI is InChI=1S/C24H21N7OS/c1-16-14-21(29-28-16)26-23-20-8-5-13-31(20)30-24(27-23)33-19-11-9-18(10-12-19)25-22(32)15-17-6-3-2-4-7-17/h2-14H,15H2,1H3,(H,25,32)(H2,26,27,28,29,30). The summed E-state index contributed by atoms with van der Waals surface area (Å²) in [4.78, 5) is 17.9. The fraction of sp³-hybridized carbons (Fsp3) is 0.0833. The van der Waals surface area contributed by atoms with Crippen LogP contribution in [0.4, 0.5) is 17.3 Å². The number of carbonyl (C=O) groups excluding carboxylic acids is 1. The number of anilines is 3. The fourth-order valence-corrected chi connectivity index (χ4v) is 4.10. The van der Waals surface area contributed by atoms with Crippen molar-refractivity contribution in [2.24, 2.45) is 0 Å². The monoisotopic (exact) mass is 455 g/mol. The van der Waals surface area contributed by atoms with E-state index in [1.807, 2.05) is 85.9 Å². The average Bonchev–Trinajstić information content (AvgIpc) is 3.44. The summed E-state index contributed by atoms with van der Waals surface area (Å²) in [5.41, 5.74) is 3.55. The summed E-state index contributed by atoms with van der Waals surface area (Å²) in [6, 6.07) is 23.1. The minimum absolute atomic E-state index is 0.0488. The Morgan fingerprint density at radius 3 is 2.64 bits per heavy atom. The number of fused-ring (bicyclic) bond motifs is 1. The molecule has 5 rings (SSSR count). The molecular weight excluding hydrogens is 434 g/mol. The topological polar surface area (TPSA) is 100 Å². The lowest BCUT2D eigenvalue weighted by atomic mass is 10.1. The number of H-pyrrole nitrogens is 1. The molecule has 0 bridgehead atoms. The first-order valence-electron chi connectivity index (χ1n) is 10.4. The molecule has 0 saturated carbocycles. The van der Waals surface area contributed by atoms with E-state index in [1.165, 1.54) is 11.8 Å². The number of nitrogens with one attached hydrogen (secondary N) is 3. The van der Waals surface area contributed by atoms with Crippen molar-refractivity contribution in [3.05, 3.63) is 90.3 Å². The third-order valence-corrected chi connectivity index (χ3v) is 5.74. The van der Waals surface area contributed by atoms with Crippen LogP contribution in [0.1, 0.15) is 11.3 Å². The predicted octanol–water partition coefficient (Wildman–Crippen LogP) is 4.84. The highest BCUT2D eigenvalue weighted by atomic mass is 32.2. The molecule has 0 aliphatic heterocycles. The summed E-state index contributed by atoms with van der Waals surface area (Å²) in [7, 11) is 0. The van der Waals surface area contributed by atoms with Gasteiger partial charge in [0.15, 0.2) is 11.6 Å². The van der Waals surface area contributed by atoms with Crippen LogP contribution in [0.25, 0.3) is 5.52 Å². The second kappa shape index (κ2) is 9.17. The van der Waals surface area contributed by atoms with Gasteiger partial charge in [0, 0.05) is 28.5 Å². The van der Waals surface area contributed by atoms with Crippen molar-refractivity contribution in [3.8, 4) is 0 Å². The third kappa shape index (κ3) is 5.04. The van der Waals surface area contributed by atoms with Crippen LogP contribution >= 0.6 is 11.8 Å². The number of benzene rings is 2. The number of amides is 1. The molecule has 2 aromatic carbocycles. The number of nitrogens with zero attached hydrogens (tertiary/aromatic N) is 4. The number of hydrogen-bond acceptors (Lipinski definition) is 6. The van der Waals surface area contributed by atoms with Crippen molar-refractivity contribution in [3.63, 3.8) is 0 Å². The lowest BCUT2D eigenvalue weighted by Crippen LogP contribution is -2.14. The first-order valence-corrected chi connectivity index (χ1v) is 11.2. The Morgan fingerprint density at radius 2 is 1.88 bits per heavy atom. The van der Waals surface area contributed by atoms with E-state index in [0.717, 1.165) is 27.4 Å². The van der Waals surface area contributed by atoms with Gasteiger partial charge in [-0.25, -0.2) is 9.50 Å². The maximum atomic E-state index is 12.3. The van der Waals surface area contributed by atoms with Crippen molar-refractivity contribution in [1.29, 1.82) is 0 Å². The second-order valence-corrected chi connectivity index (χ2v) is 8.52. The molecule has 0 unspecified atom stereocenters. The minimum Gasteiger partial charge on any atom is -0.326 e. The van der Waals surface area contributed by atoms with E-state index in [0.29, 0.717) is 23.2 Å². The molecule has 3 N–H and O–H groups in total. The highest BCUT2D eigenvalue weighted by Crippen LogP contribution is 2.28. The SMILES string of the molecule is Cc1cc(Nc2nc(Sc3ccc(NC(=O)Cc4ccccc4)cc3)nn3cccc23)n[nH]1. The van der Waals surface area contributed by atoms with E-state index >= 15 is 0 Å². The average molecular weight is 456 g/mol. The number of hydrogen-bond donors (Lipinski definition) is 3. The van der Waals surface area contributed by atoms with Crippen LogP contribution in [-0.4, -0.2) is 30.7 Å². The maximum Gasteiger partial charge on any atom is 0.228 e. The highest BCUT2D eigenvalue weighted by molar-refractivity contribution is 7.99. The van der Waals surface area contributed by atoms with Gasteiger partial charge in [-0.3, -0.25) is 9.89 Å². The number of aryl methyl sites for hydroxylation is 1. The van der Waals surface area contributed by atoms with Crippen LogP contribution in [-0.2, 0) is 11.2 Å². The van der Waals surface area contributed by atoms with Gasteiger partial charge >= 0.3 is 0 Å². The highest BCUT2D eigenvalue weighted by Gasteiger charge is 2.11. The molecular formula is C24H21N7OS. The number of aromatic amines is 1. The zero-order chi connectivity index (χ0) is 22.6. The zero-order valence-electron chi connectivity index (χ0n) is 17.8. The smallest absolute Gasteiger partial charge is 0.228 e. The normalized spacial score (nSPS) is 10.9. The minimum atomic E-state index is -0.0488. The predicted molar refractivity (Wildman–Crippen MR) is 129 cm³/mol. The lowest BCUT2D eigenvalue weighted by molar-refractivity contribution is -0.115. The molecule has 0 aliphatic rings. The Morgan fingerprint density at radius 1 is 1.06 bits per heavy atom. The molecule has 0 radical (unpaired) electrons. The first-order chi connectivity index (χ1) is 16.1. The maximum absolute atomic E-state index is 12.3. The van der Waals surface area contributed by atoms with E-state index in [4.69, 9.17) is 0 Å². The first kappa shape index (κ1) is 20.8. The van der Waals surface area contributed by atoms with Crippen molar-refractivity contribution in [1.82, 2.24) is 24.8 Å². The molecule has 3 aromatic heterocycles. The van der Waals surface area contributed by atoms with Gasteiger partial charge in [-0.05, 0) is 60.6 Å². The summed E-state index contributed by atoms with van der Waals surface area (Å²) in [5, 5.41) is 18.5. The van der Waals surface area contributed by atoms with E-state index in [2.05, 4.69) is 30.9 Å². The Bertz CT molecular complexity index is 1390. The largest absolute Gasteiger partial charge is 0.326 e. The molecule has 3 heterocycles. The van der Waals surface area contributed by atoms with E-state index in [-0.39, 0.29) is 5.91 Å². The van der Waals surface area contributed by atoms with Gasteiger partial charge in [-0.2, -0.15) is 5.10 Å². The van der Waals surface area contributed by atoms with Gasteiger partial charge in [0.25, 0.3) is 0 Å². The summed E-state index contributed by atoms with van der Waals surface area (Å²) in [6.07, 6.45) is 2.22. The molecule has 0 spiro atoms. The summed E-state index contributed by atoms with van der Waals surface area (Å²) < 4.78 is 1.79. The summed E-state index contributed by atoms with van der Waals surface area (Å²) in [5.74, 6) is 1.32. The van der Waals surface area contributed by atoms with Crippen LogP contribution < -0.4 is 10.6 Å². The fourth-order valence-electron chi connectivity index (χ4n) is 3.35. The van der Waals surface area contributed by atoms with Gasteiger partial charge in [0.1, 0.15) is 5.52 Å². The van der Waals surface area contributed by atoms with Gasteiger partial charge < -0.3 is 10.6 Å². The molecule has 33 heavy (non-hydrogen) atoms. The summed E-state index contributed by atoms with van der Waals surface area (Å²) >= 11 is 1.44. The van der Waals surface area contributed by atoms with Gasteiger partial charge in [-0.1, -0.05) is 30.3 Å². The van der Waals surface area contributed by atoms with Crippen LogP contribution in [0.3, 0.4) is 0 Å². The van der Waals surface area contributed by atoms with E-state index in [1.54, 1.807) is 4.52 Å². The third-order valence-electron chi connectivity index (χ3n) is 4.88. The molecule has 9 heteroatoms. The molecule has 0 fully saturated rings. The second-order valence-electron chi connectivity index (χ2n) is 7.48. The van der Waals surface area contributed by atoms with E-state index < -0.39 is 0 Å². The van der Waals surface area contributed by atoms with Crippen LogP contribution in [0, 0.1) is 6.92 Å².